The number of hydrogen-bond donors (Lipinski definition) is 1. The topological polar surface area (TPSA) is 60.1 Å². The van der Waals surface area contributed by atoms with Gasteiger partial charge in [0.05, 0.1) is 7.11 Å². The Bertz CT molecular complexity index is 1020. The third-order valence-electron chi connectivity index (χ3n) is 7.55. The lowest BCUT2D eigenvalue weighted by molar-refractivity contribution is -0.232. The number of rotatable bonds is 2. The number of hydrogen-bond acceptors (Lipinski definition) is 5. The van der Waals surface area contributed by atoms with Crippen molar-refractivity contribution in [3.05, 3.63) is 53.6 Å². The molecule has 0 amide bonds. The van der Waals surface area contributed by atoms with Crippen LogP contribution in [0, 0.1) is 10.8 Å². The van der Waals surface area contributed by atoms with Gasteiger partial charge in [0.25, 0.3) is 0 Å². The minimum atomic E-state index is -0.730. The lowest BCUT2D eigenvalue weighted by Gasteiger charge is -2.47. The lowest BCUT2D eigenvalue weighted by Crippen LogP contribution is -2.46. The molecule has 0 saturated heterocycles. The molecule has 30 heavy (non-hydrogen) atoms. The molecular weight excluding hydrogens is 374 g/mol. The summed E-state index contributed by atoms with van der Waals surface area (Å²) >= 11 is 0. The van der Waals surface area contributed by atoms with Crippen LogP contribution in [0.5, 0.6) is 5.75 Å². The van der Waals surface area contributed by atoms with Gasteiger partial charge in [-0.05, 0) is 72.4 Å². The van der Waals surface area contributed by atoms with Crippen LogP contribution in [0.4, 0.5) is 0 Å². The summed E-state index contributed by atoms with van der Waals surface area (Å²) in [4.78, 5) is 11.5. The summed E-state index contributed by atoms with van der Waals surface area (Å²) in [5.74, 6) is 1.31. The number of benzene rings is 2. The van der Waals surface area contributed by atoms with Crippen molar-refractivity contribution in [2.45, 2.75) is 51.7 Å². The molecule has 1 saturated carbocycles. The summed E-state index contributed by atoms with van der Waals surface area (Å²) in [5.41, 5.74) is 10.6. The van der Waals surface area contributed by atoms with Crippen LogP contribution in [-0.4, -0.2) is 25.2 Å². The maximum absolute atomic E-state index is 6.53. The zero-order valence-electron chi connectivity index (χ0n) is 18.4. The highest BCUT2D eigenvalue weighted by molar-refractivity contribution is 5.79. The van der Waals surface area contributed by atoms with Gasteiger partial charge in [-0.3, -0.25) is 0 Å². The quantitative estimate of drug-likeness (QED) is 0.776. The molecule has 3 aliphatic rings. The number of nitrogens with two attached hydrogens (primary N) is 1. The third-order valence-corrected chi connectivity index (χ3v) is 7.55. The molecule has 1 aliphatic heterocycles. The van der Waals surface area contributed by atoms with Crippen LogP contribution in [0.3, 0.4) is 0 Å². The highest BCUT2D eigenvalue weighted by Crippen LogP contribution is 2.63. The molecule has 0 radical (unpaired) electrons. The first-order valence-electron chi connectivity index (χ1n) is 10.8. The van der Waals surface area contributed by atoms with Gasteiger partial charge in [-0.15, -0.1) is 0 Å². The van der Waals surface area contributed by atoms with Crippen LogP contribution >= 0.6 is 0 Å². The first-order chi connectivity index (χ1) is 14.3. The van der Waals surface area contributed by atoms with Crippen molar-refractivity contribution in [2.24, 2.45) is 21.6 Å². The summed E-state index contributed by atoms with van der Waals surface area (Å²) < 4.78 is 5.43. The predicted octanol–water partition coefficient (Wildman–Crippen LogP) is 4.85. The minimum Gasteiger partial charge on any atom is -0.497 e. The Kier molecular flexibility index (Phi) is 4.20. The highest BCUT2D eigenvalue weighted by Gasteiger charge is 2.63. The van der Waals surface area contributed by atoms with Crippen molar-refractivity contribution in [1.29, 1.82) is 0 Å². The van der Waals surface area contributed by atoms with E-state index in [-0.39, 0.29) is 5.41 Å². The zero-order valence-corrected chi connectivity index (χ0v) is 18.4. The van der Waals surface area contributed by atoms with E-state index < -0.39 is 5.72 Å². The fourth-order valence-electron chi connectivity index (χ4n) is 5.54. The van der Waals surface area contributed by atoms with Crippen LogP contribution in [0.25, 0.3) is 11.1 Å². The molecule has 0 aromatic heterocycles. The van der Waals surface area contributed by atoms with E-state index in [2.05, 4.69) is 44.2 Å². The average Bonchev–Trinajstić information content (AvgIpc) is 3.18. The summed E-state index contributed by atoms with van der Waals surface area (Å²) in [5, 5.41) is 1.65. The van der Waals surface area contributed by atoms with E-state index in [4.69, 9.17) is 20.3 Å². The Morgan fingerprint density at radius 2 is 1.77 bits per heavy atom. The third kappa shape index (κ3) is 2.75. The van der Waals surface area contributed by atoms with E-state index in [1.807, 2.05) is 19.2 Å². The number of methoxy groups -OCH3 is 1. The molecular formula is C25H31N3O2. The van der Waals surface area contributed by atoms with Crippen LogP contribution in [0.2, 0.25) is 0 Å². The number of guanidine groups is 1. The molecule has 2 aromatic carbocycles. The Balaban J connectivity index is 1.63. The minimum absolute atomic E-state index is 0.0484. The summed E-state index contributed by atoms with van der Waals surface area (Å²) in [6, 6.07) is 14.9. The van der Waals surface area contributed by atoms with Gasteiger partial charge >= 0.3 is 0 Å². The van der Waals surface area contributed by atoms with Crippen molar-refractivity contribution in [1.82, 2.24) is 5.06 Å². The van der Waals surface area contributed by atoms with E-state index in [9.17, 15) is 0 Å². The van der Waals surface area contributed by atoms with E-state index in [0.717, 1.165) is 41.7 Å². The SMILES string of the molecule is COc1cccc(-c2ccc3c(c2)C2(N=C(N)N(C)O2)C2(CCC(C)(C)CC2)C3)c1. The molecule has 0 bridgehead atoms. The first kappa shape index (κ1) is 19.4. The second-order valence-corrected chi connectivity index (χ2v) is 9.93. The van der Waals surface area contributed by atoms with Crippen LogP contribution in [0.15, 0.2) is 47.5 Å². The largest absolute Gasteiger partial charge is 0.497 e. The molecule has 2 aliphatic carbocycles. The van der Waals surface area contributed by atoms with Gasteiger partial charge in [0.15, 0.2) is 0 Å². The molecule has 1 unspecified atom stereocenters. The molecule has 2 aromatic rings. The van der Waals surface area contributed by atoms with Crippen LogP contribution < -0.4 is 10.5 Å². The highest BCUT2D eigenvalue weighted by atomic mass is 16.7. The fraction of sp³-hybridized carbons (Fsp3) is 0.480. The van der Waals surface area contributed by atoms with Crippen molar-refractivity contribution in [2.75, 3.05) is 14.2 Å². The van der Waals surface area contributed by atoms with E-state index in [1.54, 1.807) is 12.2 Å². The number of hydroxylamine groups is 2. The predicted molar refractivity (Wildman–Crippen MR) is 119 cm³/mol. The molecule has 1 fully saturated rings. The monoisotopic (exact) mass is 405 g/mol. The van der Waals surface area contributed by atoms with Gasteiger partial charge in [0, 0.05) is 18.0 Å². The van der Waals surface area contributed by atoms with Gasteiger partial charge < -0.3 is 10.5 Å². The van der Waals surface area contributed by atoms with Crippen LogP contribution in [-0.2, 0) is 17.0 Å². The van der Waals surface area contributed by atoms with Crippen molar-refractivity contribution < 1.29 is 9.57 Å². The number of nitrogens with zero attached hydrogens (tertiary/aromatic N) is 2. The fourth-order valence-corrected chi connectivity index (χ4v) is 5.54. The molecule has 5 rings (SSSR count). The van der Waals surface area contributed by atoms with E-state index in [1.165, 1.54) is 18.4 Å². The molecule has 5 heteroatoms. The Morgan fingerprint density at radius 1 is 1.03 bits per heavy atom. The number of fused-ring (bicyclic) bond motifs is 3. The van der Waals surface area contributed by atoms with Gasteiger partial charge in [0.2, 0.25) is 11.7 Å². The molecule has 1 heterocycles. The summed E-state index contributed by atoms with van der Waals surface area (Å²) in [6.45, 7) is 4.74. The maximum Gasteiger partial charge on any atom is 0.220 e. The second kappa shape index (κ2) is 6.48. The first-order valence-corrected chi connectivity index (χ1v) is 10.8. The van der Waals surface area contributed by atoms with E-state index >= 15 is 0 Å². The lowest BCUT2D eigenvalue weighted by atomic mass is 9.61. The van der Waals surface area contributed by atoms with Crippen LogP contribution in [0.1, 0.15) is 50.7 Å². The smallest absolute Gasteiger partial charge is 0.220 e. The van der Waals surface area contributed by atoms with E-state index in [0.29, 0.717) is 11.4 Å². The standard InChI is InChI=1S/C25H31N3O2/c1-23(2)10-12-24(13-11-23)16-19-9-8-18(17-6-5-7-20(14-17)29-4)15-21(19)25(24)27-22(26)28(3)30-25/h5-9,14-15H,10-13,16H2,1-4H3,(H2,26,27). The number of ether oxygens (including phenoxy) is 1. The summed E-state index contributed by atoms with van der Waals surface area (Å²) in [6.07, 6.45) is 5.52. The normalized spacial score (nSPS) is 26.1. The second-order valence-electron chi connectivity index (χ2n) is 9.93. The molecule has 158 valence electrons. The van der Waals surface area contributed by atoms with Gasteiger partial charge in [0.1, 0.15) is 5.75 Å². The average molecular weight is 406 g/mol. The molecule has 2 spiro atoms. The molecule has 2 N–H and O–H groups in total. The Hall–Kier alpha value is -2.53. The van der Waals surface area contributed by atoms with Crippen molar-refractivity contribution >= 4 is 5.96 Å². The zero-order chi connectivity index (χ0) is 21.1. The van der Waals surface area contributed by atoms with Gasteiger partial charge in [-0.25, -0.2) is 14.9 Å². The molecule has 5 nitrogen and oxygen atoms in total. The summed E-state index contributed by atoms with van der Waals surface area (Å²) in [7, 11) is 3.56. The Labute approximate surface area is 178 Å². The Morgan fingerprint density at radius 3 is 2.43 bits per heavy atom. The molecule has 1 atom stereocenters. The van der Waals surface area contributed by atoms with Crippen molar-refractivity contribution in [3.63, 3.8) is 0 Å². The maximum atomic E-state index is 6.53. The van der Waals surface area contributed by atoms with Gasteiger partial charge in [-0.1, -0.05) is 38.1 Å². The van der Waals surface area contributed by atoms with Gasteiger partial charge in [-0.2, -0.15) is 0 Å². The van der Waals surface area contributed by atoms with Crippen molar-refractivity contribution in [3.8, 4) is 16.9 Å². The number of aliphatic imine (C=N–C) groups is 1.